The summed E-state index contributed by atoms with van der Waals surface area (Å²) >= 11 is 1.42. The Morgan fingerprint density at radius 2 is 1.52 bits per heavy atom. The molecule has 4 aromatic rings. The minimum Gasteiger partial charge on any atom is -0.339 e. The number of halogens is 3. The number of nitrogens with zero attached hydrogens (tertiary/aromatic N) is 3. The van der Waals surface area contributed by atoms with Crippen molar-refractivity contribution in [1.29, 1.82) is 10.5 Å². The Labute approximate surface area is 299 Å². The van der Waals surface area contributed by atoms with Crippen molar-refractivity contribution in [3.05, 3.63) is 94.5 Å². The van der Waals surface area contributed by atoms with Crippen molar-refractivity contribution in [2.45, 2.75) is 107 Å². The summed E-state index contributed by atoms with van der Waals surface area (Å²) in [4.78, 5) is 17.4. The number of nitriles is 2. The molecule has 8 heteroatoms. The van der Waals surface area contributed by atoms with E-state index in [-0.39, 0.29) is 33.6 Å². The lowest BCUT2D eigenvalue weighted by Crippen LogP contribution is -2.33. The van der Waals surface area contributed by atoms with Crippen LogP contribution in [0.4, 0.5) is 13.2 Å². The number of hydrogen-bond acceptors (Lipinski definition) is 4. The first kappa shape index (κ1) is 38.5. The van der Waals surface area contributed by atoms with Gasteiger partial charge in [0.15, 0.2) is 0 Å². The van der Waals surface area contributed by atoms with E-state index in [4.69, 9.17) is 0 Å². The number of carbonyl (C=O) groups is 1. The molecule has 0 N–H and O–H groups in total. The molecule has 0 aromatic heterocycles. The summed E-state index contributed by atoms with van der Waals surface area (Å²) in [6, 6.07) is 23.8. The second-order valence-corrected chi connectivity index (χ2v) is 14.6. The van der Waals surface area contributed by atoms with Crippen molar-refractivity contribution < 1.29 is 18.0 Å². The number of fused-ring (bicyclic) bond motifs is 1. The van der Waals surface area contributed by atoms with Crippen LogP contribution in [-0.2, 0) is 11.8 Å². The average molecular weight is 698 g/mol. The molecule has 0 atom stereocenters. The molecule has 262 valence electrons. The normalized spacial score (nSPS) is 11.7. The van der Waals surface area contributed by atoms with E-state index in [0.717, 1.165) is 60.3 Å². The minimum absolute atomic E-state index is 0.0161. The second-order valence-electron chi connectivity index (χ2n) is 13.5. The molecule has 0 bridgehead atoms. The maximum Gasteiger partial charge on any atom is 0.393 e. The average Bonchev–Trinajstić information content (AvgIpc) is 3.09. The van der Waals surface area contributed by atoms with Gasteiger partial charge in [-0.2, -0.15) is 23.7 Å². The molecule has 0 fully saturated rings. The van der Waals surface area contributed by atoms with Crippen LogP contribution in [0.5, 0.6) is 0 Å². The van der Waals surface area contributed by atoms with Gasteiger partial charge in [-0.1, -0.05) is 108 Å². The highest BCUT2D eigenvalue weighted by Crippen LogP contribution is 2.46. The predicted molar refractivity (Wildman–Crippen MR) is 197 cm³/mol. The van der Waals surface area contributed by atoms with Crippen LogP contribution in [0.25, 0.3) is 21.9 Å². The summed E-state index contributed by atoms with van der Waals surface area (Å²) in [7, 11) is 0. The van der Waals surface area contributed by atoms with Crippen LogP contribution in [0, 0.1) is 22.7 Å². The Bertz CT molecular complexity index is 1890. The third kappa shape index (κ3) is 9.29. The molecule has 0 aliphatic carbocycles. The van der Waals surface area contributed by atoms with E-state index >= 15 is 0 Å². The Hall–Kier alpha value is -4.27. The molecule has 50 heavy (non-hydrogen) atoms. The first-order valence-electron chi connectivity index (χ1n) is 17.5. The van der Waals surface area contributed by atoms with E-state index in [0.29, 0.717) is 35.0 Å². The van der Waals surface area contributed by atoms with E-state index < -0.39 is 12.6 Å². The van der Waals surface area contributed by atoms with Crippen molar-refractivity contribution in [2.75, 3.05) is 13.1 Å². The molecule has 4 aromatic carbocycles. The maximum absolute atomic E-state index is 13.9. The molecule has 0 saturated heterocycles. The highest BCUT2D eigenvalue weighted by Gasteiger charge is 2.31. The van der Waals surface area contributed by atoms with Gasteiger partial charge < -0.3 is 4.90 Å². The summed E-state index contributed by atoms with van der Waals surface area (Å²) in [6.07, 6.45) is 1.30. The first-order chi connectivity index (χ1) is 23.9. The van der Waals surface area contributed by atoms with E-state index in [1.807, 2.05) is 35.2 Å². The van der Waals surface area contributed by atoms with Gasteiger partial charge in [0.1, 0.15) is 12.1 Å². The number of hydrogen-bond donors (Lipinski definition) is 0. The summed E-state index contributed by atoms with van der Waals surface area (Å²) < 4.78 is 41.5. The Kier molecular flexibility index (Phi) is 13.2. The number of alkyl halides is 3. The molecule has 0 radical (unpaired) electrons. The number of amides is 1. The van der Waals surface area contributed by atoms with Crippen LogP contribution < -0.4 is 0 Å². The number of unbranched alkanes of at least 4 members (excludes halogenated alkanes) is 4. The van der Waals surface area contributed by atoms with E-state index in [2.05, 4.69) is 52.8 Å². The predicted octanol–water partition coefficient (Wildman–Crippen LogP) is 12.0. The third-order valence-corrected chi connectivity index (χ3v) is 10.5. The van der Waals surface area contributed by atoms with Crippen molar-refractivity contribution >= 4 is 28.4 Å². The molecule has 4 rings (SSSR count). The summed E-state index contributed by atoms with van der Waals surface area (Å²) in [5, 5.41) is 21.8. The fourth-order valence-electron chi connectivity index (χ4n) is 6.21. The zero-order chi connectivity index (χ0) is 36.5. The zero-order valence-electron chi connectivity index (χ0n) is 29.7. The molecular formula is C42H46F3N3OS. The molecule has 0 saturated carbocycles. The number of benzene rings is 4. The minimum atomic E-state index is -4.48. The van der Waals surface area contributed by atoms with Crippen LogP contribution in [0.1, 0.15) is 112 Å². The first-order valence-corrected chi connectivity index (χ1v) is 18.4. The maximum atomic E-state index is 13.9. The van der Waals surface area contributed by atoms with Gasteiger partial charge in [-0.3, -0.25) is 4.79 Å². The van der Waals surface area contributed by atoms with Gasteiger partial charge in [-0.05, 0) is 77.1 Å². The van der Waals surface area contributed by atoms with E-state index in [1.54, 1.807) is 24.3 Å². The fourth-order valence-corrected chi connectivity index (χ4v) is 7.31. The van der Waals surface area contributed by atoms with Crippen LogP contribution >= 0.6 is 11.8 Å². The third-order valence-electron chi connectivity index (χ3n) is 9.44. The van der Waals surface area contributed by atoms with Crippen LogP contribution in [0.2, 0.25) is 0 Å². The highest BCUT2D eigenvalue weighted by atomic mass is 32.2. The van der Waals surface area contributed by atoms with Gasteiger partial charge in [0.25, 0.3) is 5.91 Å². The van der Waals surface area contributed by atoms with Crippen molar-refractivity contribution in [3.8, 4) is 23.3 Å². The van der Waals surface area contributed by atoms with Crippen LogP contribution in [0.3, 0.4) is 0 Å². The van der Waals surface area contributed by atoms with Crippen LogP contribution in [-0.4, -0.2) is 30.1 Å². The van der Waals surface area contributed by atoms with Crippen molar-refractivity contribution in [2.24, 2.45) is 0 Å². The van der Waals surface area contributed by atoms with Crippen LogP contribution in [0.15, 0.2) is 76.5 Å². The summed E-state index contributed by atoms with van der Waals surface area (Å²) in [6.45, 7) is 12.0. The molecule has 0 heterocycles. The quantitative estimate of drug-likeness (QED) is 0.116. The molecule has 0 spiro atoms. The lowest BCUT2D eigenvalue weighted by atomic mass is 9.80. The summed E-state index contributed by atoms with van der Waals surface area (Å²) in [5.41, 5.74) is 2.09. The Morgan fingerprint density at radius 1 is 0.840 bits per heavy atom. The summed E-state index contributed by atoms with van der Waals surface area (Å²) in [5.74, 6) is -0.0161. The SMILES string of the molecule is CCCCCN(CCCCC)C(=O)c1cccc(Sc2cc(C(C)(C)CC)cc3cc(C#N)c(C#N)c(-c4ccccc4CC(F)(F)F)c23)c1. The van der Waals surface area contributed by atoms with Crippen molar-refractivity contribution in [3.63, 3.8) is 0 Å². The topological polar surface area (TPSA) is 67.9 Å². The van der Waals surface area contributed by atoms with Gasteiger partial charge in [-0.15, -0.1) is 0 Å². The van der Waals surface area contributed by atoms with Gasteiger partial charge in [0.2, 0.25) is 0 Å². The van der Waals surface area contributed by atoms with E-state index in [1.165, 1.54) is 17.8 Å². The standard InChI is InChI=1S/C42H46F3N3OS/c1-6-9-13-20-48(21-14-10-7-2)40(49)29-17-15-18-34(24-29)50-37-25-33(41(4,5)8-3)23-31-22-32(27-46)36(28-47)39(38(31)37)35-19-12-11-16-30(35)26-42(43,44)45/h11-12,15-19,22-25H,6-10,13-14,20-21,26H2,1-5H3. The van der Waals surface area contributed by atoms with Gasteiger partial charge in [0.05, 0.1) is 17.5 Å². The zero-order valence-corrected chi connectivity index (χ0v) is 30.5. The number of rotatable bonds is 15. The Morgan fingerprint density at radius 3 is 2.12 bits per heavy atom. The van der Waals surface area contributed by atoms with Gasteiger partial charge in [0, 0.05) is 39.4 Å². The molecule has 0 unspecified atom stereocenters. The molecule has 0 aliphatic heterocycles. The number of carbonyl (C=O) groups excluding carboxylic acids is 1. The highest BCUT2D eigenvalue weighted by molar-refractivity contribution is 7.99. The van der Waals surface area contributed by atoms with E-state index in [9.17, 15) is 28.5 Å². The fraction of sp³-hybridized carbons (Fsp3) is 0.405. The lowest BCUT2D eigenvalue weighted by molar-refractivity contribution is -0.127. The smallest absolute Gasteiger partial charge is 0.339 e. The Balaban J connectivity index is 1.95. The molecule has 4 nitrogen and oxygen atoms in total. The van der Waals surface area contributed by atoms with Gasteiger partial charge in [-0.25, -0.2) is 0 Å². The molecule has 1 amide bonds. The monoisotopic (exact) mass is 697 g/mol. The van der Waals surface area contributed by atoms with Gasteiger partial charge >= 0.3 is 6.18 Å². The van der Waals surface area contributed by atoms with Crippen molar-refractivity contribution in [1.82, 2.24) is 4.90 Å². The molecular weight excluding hydrogens is 652 g/mol. The largest absolute Gasteiger partial charge is 0.393 e. The molecule has 0 aliphatic rings. The lowest BCUT2D eigenvalue weighted by Gasteiger charge is -2.26. The second kappa shape index (κ2) is 17.1.